The summed E-state index contributed by atoms with van der Waals surface area (Å²) in [5.41, 5.74) is 0. The molecule has 1 N–H and O–H groups in total. The van der Waals surface area contributed by atoms with E-state index >= 15 is 0 Å². The van der Waals surface area contributed by atoms with Crippen molar-refractivity contribution in [2.45, 2.75) is 19.1 Å². The van der Waals surface area contributed by atoms with E-state index in [0.29, 0.717) is 6.54 Å². The molecule has 102 valence electrons. The van der Waals surface area contributed by atoms with Crippen LogP contribution in [0.2, 0.25) is 0 Å². The van der Waals surface area contributed by atoms with E-state index in [4.69, 9.17) is 0 Å². The maximum atomic E-state index is 11.5. The summed E-state index contributed by atoms with van der Waals surface area (Å²) < 4.78 is 23.1. The molecule has 0 saturated carbocycles. The van der Waals surface area contributed by atoms with Crippen LogP contribution in [0.15, 0.2) is 0 Å². The van der Waals surface area contributed by atoms with E-state index in [9.17, 15) is 8.42 Å². The summed E-state index contributed by atoms with van der Waals surface area (Å²) in [6.45, 7) is 8.29. The molecule has 0 spiro atoms. The molecule has 1 aliphatic heterocycles. The van der Waals surface area contributed by atoms with Gasteiger partial charge in [-0.1, -0.05) is 0 Å². The molecule has 0 atom stereocenters. The smallest absolute Gasteiger partial charge is 0.153 e. The molecule has 0 radical (unpaired) electrons. The van der Waals surface area contributed by atoms with Gasteiger partial charge in [-0.25, -0.2) is 8.42 Å². The second-order valence-corrected chi connectivity index (χ2v) is 8.52. The van der Waals surface area contributed by atoms with Gasteiger partial charge in [-0.05, 0) is 13.8 Å². The maximum Gasteiger partial charge on any atom is 0.153 e. The summed E-state index contributed by atoms with van der Waals surface area (Å²) in [6, 6.07) is 0. The molecule has 6 heteroatoms. The minimum absolute atomic E-state index is 0.251. The molecule has 1 heterocycles. The molecule has 0 aromatic rings. The number of nitrogens with zero attached hydrogens (tertiary/aromatic N) is 1. The minimum atomic E-state index is -2.88. The van der Waals surface area contributed by atoms with Crippen LogP contribution in [-0.4, -0.2) is 68.5 Å². The van der Waals surface area contributed by atoms with Crippen molar-refractivity contribution in [1.82, 2.24) is 10.2 Å². The highest BCUT2D eigenvalue weighted by atomic mass is 32.2. The number of sulfone groups is 1. The van der Waals surface area contributed by atoms with E-state index in [0.717, 1.165) is 26.2 Å². The SMILES string of the molecule is CC(C)S(=O)(=O)CCNCCN1CCSCC1. The molecular weight excluding hydrogens is 256 g/mol. The summed E-state index contributed by atoms with van der Waals surface area (Å²) in [6.07, 6.45) is 0. The molecule has 0 aromatic heterocycles. The molecule has 0 aliphatic carbocycles. The summed E-state index contributed by atoms with van der Waals surface area (Å²) in [5, 5.41) is 2.96. The van der Waals surface area contributed by atoms with E-state index in [2.05, 4.69) is 10.2 Å². The standard InChI is InChI=1S/C11H24N2O2S2/c1-11(2)17(14,15)10-4-12-3-5-13-6-8-16-9-7-13/h11-12H,3-10H2,1-2H3. The fourth-order valence-corrected chi connectivity index (χ4v) is 3.52. The zero-order valence-corrected chi connectivity index (χ0v) is 12.4. The lowest BCUT2D eigenvalue weighted by Gasteiger charge is -2.26. The van der Waals surface area contributed by atoms with Gasteiger partial charge in [-0.2, -0.15) is 11.8 Å². The van der Waals surface area contributed by atoms with E-state index in [-0.39, 0.29) is 11.0 Å². The van der Waals surface area contributed by atoms with Gasteiger partial charge in [0.2, 0.25) is 0 Å². The largest absolute Gasteiger partial charge is 0.314 e. The first-order valence-corrected chi connectivity index (χ1v) is 9.12. The van der Waals surface area contributed by atoms with Gasteiger partial charge < -0.3 is 10.2 Å². The Labute approximate surface area is 109 Å². The van der Waals surface area contributed by atoms with Gasteiger partial charge in [0.1, 0.15) is 0 Å². The second-order valence-electron chi connectivity index (χ2n) is 4.62. The van der Waals surface area contributed by atoms with E-state index in [1.54, 1.807) is 13.8 Å². The Balaban J connectivity index is 2.04. The Bertz CT molecular complexity index is 299. The highest BCUT2D eigenvalue weighted by Crippen LogP contribution is 2.07. The number of hydrogen-bond acceptors (Lipinski definition) is 5. The summed E-state index contributed by atoms with van der Waals surface area (Å²) in [5.74, 6) is 2.70. The number of rotatable bonds is 7. The highest BCUT2D eigenvalue weighted by molar-refractivity contribution is 7.99. The first-order valence-electron chi connectivity index (χ1n) is 6.25. The van der Waals surface area contributed by atoms with Gasteiger partial charge in [0.25, 0.3) is 0 Å². The molecule has 17 heavy (non-hydrogen) atoms. The summed E-state index contributed by atoms with van der Waals surface area (Å²) in [4.78, 5) is 2.43. The highest BCUT2D eigenvalue weighted by Gasteiger charge is 2.15. The van der Waals surface area contributed by atoms with Crippen molar-refractivity contribution in [3.63, 3.8) is 0 Å². The first kappa shape index (κ1) is 15.3. The molecule has 4 nitrogen and oxygen atoms in total. The normalized spacial score (nSPS) is 18.8. The molecule has 1 rings (SSSR count). The van der Waals surface area contributed by atoms with Crippen LogP contribution in [0.1, 0.15) is 13.8 Å². The Morgan fingerprint density at radius 2 is 1.88 bits per heavy atom. The molecule has 0 aromatic carbocycles. The van der Waals surface area contributed by atoms with Gasteiger partial charge >= 0.3 is 0 Å². The lowest BCUT2D eigenvalue weighted by molar-refractivity contribution is 0.302. The third kappa shape index (κ3) is 6.08. The average molecular weight is 280 g/mol. The second kappa shape index (κ2) is 7.61. The van der Waals surface area contributed by atoms with Crippen molar-refractivity contribution in [2.75, 3.05) is 50.0 Å². The Hall–Kier alpha value is 0.220. The van der Waals surface area contributed by atoms with Crippen LogP contribution in [0.25, 0.3) is 0 Å². The first-order chi connectivity index (χ1) is 8.02. The van der Waals surface area contributed by atoms with Gasteiger partial charge in [0, 0.05) is 44.2 Å². The predicted molar refractivity (Wildman–Crippen MR) is 75.6 cm³/mol. The van der Waals surface area contributed by atoms with Crippen molar-refractivity contribution in [3.8, 4) is 0 Å². The quantitative estimate of drug-likeness (QED) is 0.686. The van der Waals surface area contributed by atoms with Crippen molar-refractivity contribution < 1.29 is 8.42 Å². The average Bonchev–Trinajstić information content (AvgIpc) is 2.29. The molecule has 0 bridgehead atoms. The zero-order valence-electron chi connectivity index (χ0n) is 10.8. The minimum Gasteiger partial charge on any atom is -0.314 e. The number of nitrogens with one attached hydrogen (secondary N) is 1. The van der Waals surface area contributed by atoms with Crippen molar-refractivity contribution in [2.24, 2.45) is 0 Å². The lowest BCUT2D eigenvalue weighted by Crippen LogP contribution is -2.38. The third-order valence-electron chi connectivity index (χ3n) is 2.99. The summed E-state index contributed by atoms with van der Waals surface area (Å²) in [7, 11) is -2.88. The topological polar surface area (TPSA) is 49.4 Å². The third-order valence-corrected chi connectivity index (χ3v) is 6.14. The molecule has 0 amide bonds. The monoisotopic (exact) mass is 280 g/mol. The Kier molecular flexibility index (Phi) is 6.84. The Morgan fingerprint density at radius 3 is 2.47 bits per heavy atom. The van der Waals surface area contributed by atoms with Gasteiger partial charge in [-0.3, -0.25) is 0 Å². The van der Waals surface area contributed by atoms with Crippen LogP contribution >= 0.6 is 11.8 Å². The van der Waals surface area contributed by atoms with Crippen LogP contribution in [0.3, 0.4) is 0 Å². The molecule has 0 unspecified atom stereocenters. The fraction of sp³-hybridized carbons (Fsp3) is 1.00. The fourth-order valence-electron chi connectivity index (χ4n) is 1.64. The molecule has 1 saturated heterocycles. The van der Waals surface area contributed by atoms with E-state index < -0.39 is 9.84 Å². The maximum absolute atomic E-state index is 11.5. The number of hydrogen-bond donors (Lipinski definition) is 1. The van der Waals surface area contributed by atoms with Crippen molar-refractivity contribution >= 4 is 21.6 Å². The zero-order chi connectivity index (χ0) is 12.7. The van der Waals surface area contributed by atoms with Gasteiger partial charge in [0.15, 0.2) is 9.84 Å². The molecule has 1 aliphatic rings. The lowest BCUT2D eigenvalue weighted by atomic mass is 10.4. The van der Waals surface area contributed by atoms with E-state index in [1.165, 1.54) is 11.5 Å². The Morgan fingerprint density at radius 1 is 1.24 bits per heavy atom. The van der Waals surface area contributed by atoms with Crippen LogP contribution in [0.5, 0.6) is 0 Å². The van der Waals surface area contributed by atoms with Crippen molar-refractivity contribution in [3.05, 3.63) is 0 Å². The van der Waals surface area contributed by atoms with Crippen LogP contribution in [0, 0.1) is 0 Å². The van der Waals surface area contributed by atoms with Gasteiger partial charge in [-0.15, -0.1) is 0 Å². The number of thioether (sulfide) groups is 1. The predicted octanol–water partition coefficient (Wildman–Crippen LogP) is 0.448. The molecule has 1 fully saturated rings. The summed E-state index contributed by atoms with van der Waals surface area (Å²) >= 11 is 2.01. The van der Waals surface area contributed by atoms with Crippen molar-refractivity contribution in [1.29, 1.82) is 0 Å². The van der Waals surface area contributed by atoms with Crippen LogP contribution in [0.4, 0.5) is 0 Å². The van der Waals surface area contributed by atoms with Crippen LogP contribution in [-0.2, 0) is 9.84 Å². The van der Waals surface area contributed by atoms with Crippen LogP contribution < -0.4 is 5.32 Å². The van der Waals surface area contributed by atoms with E-state index in [1.807, 2.05) is 11.8 Å². The van der Waals surface area contributed by atoms with Gasteiger partial charge in [0.05, 0.1) is 11.0 Å². The molecular formula is C11H24N2O2S2.